The van der Waals surface area contributed by atoms with Crippen molar-refractivity contribution in [2.45, 2.75) is 25.4 Å². The van der Waals surface area contributed by atoms with Crippen molar-refractivity contribution < 1.29 is 4.74 Å². The van der Waals surface area contributed by atoms with E-state index in [2.05, 4.69) is 40.7 Å². The van der Waals surface area contributed by atoms with Crippen LogP contribution < -0.4 is 5.32 Å². The van der Waals surface area contributed by atoms with Gasteiger partial charge in [0.25, 0.3) is 0 Å². The van der Waals surface area contributed by atoms with Crippen molar-refractivity contribution in [3.05, 3.63) is 0 Å². The molecule has 2 aliphatic rings. The van der Waals surface area contributed by atoms with Crippen LogP contribution >= 0.6 is 23.5 Å². The molecule has 0 aliphatic carbocycles. The smallest absolute Gasteiger partial charge is 0.0594 e. The molecule has 18 heavy (non-hydrogen) atoms. The zero-order valence-electron chi connectivity index (χ0n) is 11.4. The number of ether oxygens (including phenoxy) is 1. The summed E-state index contributed by atoms with van der Waals surface area (Å²) in [7, 11) is 0. The normalized spacial score (nSPS) is 25.8. The van der Waals surface area contributed by atoms with Crippen LogP contribution in [0, 0.1) is 0 Å². The van der Waals surface area contributed by atoms with Crippen LogP contribution in [0.1, 0.15) is 13.3 Å². The van der Waals surface area contributed by atoms with E-state index < -0.39 is 0 Å². The van der Waals surface area contributed by atoms with Gasteiger partial charge in [0, 0.05) is 54.7 Å². The number of morpholine rings is 1. The van der Waals surface area contributed by atoms with E-state index in [-0.39, 0.29) is 0 Å². The zero-order valence-corrected chi connectivity index (χ0v) is 13.0. The van der Waals surface area contributed by atoms with Crippen molar-refractivity contribution in [2.75, 3.05) is 55.9 Å². The summed E-state index contributed by atoms with van der Waals surface area (Å²) in [6, 6.07) is 1.39. The highest BCUT2D eigenvalue weighted by molar-refractivity contribution is 8.03. The van der Waals surface area contributed by atoms with Crippen LogP contribution in [0.2, 0.25) is 0 Å². The largest absolute Gasteiger partial charge is 0.379 e. The number of hydrogen-bond acceptors (Lipinski definition) is 5. The van der Waals surface area contributed by atoms with Gasteiger partial charge in [0.2, 0.25) is 0 Å². The third-order valence-corrected chi connectivity index (χ3v) is 6.21. The molecule has 3 nitrogen and oxygen atoms in total. The SMILES string of the molecule is CC[C@@H](CNC1CSCCSC1)N1CCOCC1. The summed E-state index contributed by atoms with van der Waals surface area (Å²) in [5.74, 6) is 5.21. The molecule has 0 aromatic carbocycles. The van der Waals surface area contributed by atoms with Gasteiger partial charge in [-0.05, 0) is 6.42 Å². The molecule has 1 atom stereocenters. The summed E-state index contributed by atoms with van der Waals surface area (Å²) < 4.78 is 5.44. The lowest BCUT2D eigenvalue weighted by Crippen LogP contribution is -2.49. The van der Waals surface area contributed by atoms with E-state index in [1.54, 1.807) is 0 Å². The molecule has 1 N–H and O–H groups in total. The fourth-order valence-corrected chi connectivity index (χ4v) is 4.98. The first-order valence-corrected chi connectivity index (χ1v) is 9.41. The predicted octanol–water partition coefficient (Wildman–Crippen LogP) is 1.54. The topological polar surface area (TPSA) is 24.5 Å². The predicted molar refractivity (Wildman–Crippen MR) is 82.9 cm³/mol. The van der Waals surface area contributed by atoms with Gasteiger partial charge in [-0.2, -0.15) is 23.5 Å². The second kappa shape index (κ2) is 8.69. The van der Waals surface area contributed by atoms with Crippen molar-refractivity contribution in [1.29, 1.82) is 0 Å². The number of nitrogens with zero attached hydrogens (tertiary/aromatic N) is 1. The fraction of sp³-hybridized carbons (Fsp3) is 1.00. The Balaban J connectivity index is 1.71. The minimum Gasteiger partial charge on any atom is -0.379 e. The quantitative estimate of drug-likeness (QED) is 0.828. The molecule has 0 spiro atoms. The van der Waals surface area contributed by atoms with Crippen LogP contribution in [0.25, 0.3) is 0 Å². The maximum Gasteiger partial charge on any atom is 0.0594 e. The molecule has 0 aromatic heterocycles. The maximum atomic E-state index is 5.44. The van der Waals surface area contributed by atoms with Crippen molar-refractivity contribution in [3.63, 3.8) is 0 Å². The molecule has 106 valence electrons. The van der Waals surface area contributed by atoms with Crippen molar-refractivity contribution in [3.8, 4) is 0 Å². The van der Waals surface area contributed by atoms with E-state index in [4.69, 9.17) is 4.74 Å². The van der Waals surface area contributed by atoms with Gasteiger partial charge in [0.05, 0.1) is 13.2 Å². The molecule has 0 radical (unpaired) electrons. The van der Waals surface area contributed by atoms with E-state index in [9.17, 15) is 0 Å². The van der Waals surface area contributed by atoms with Crippen molar-refractivity contribution >= 4 is 23.5 Å². The van der Waals surface area contributed by atoms with E-state index in [1.165, 1.54) is 29.4 Å². The lowest BCUT2D eigenvalue weighted by Gasteiger charge is -2.35. The third-order valence-electron chi connectivity index (χ3n) is 3.69. The molecule has 2 heterocycles. The minimum absolute atomic E-state index is 0.687. The Morgan fingerprint density at radius 3 is 2.50 bits per heavy atom. The summed E-state index contributed by atoms with van der Waals surface area (Å²) in [4.78, 5) is 2.59. The van der Waals surface area contributed by atoms with Gasteiger partial charge in [0.1, 0.15) is 0 Å². The van der Waals surface area contributed by atoms with Crippen LogP contribution in [0.3, 0.4) is 0 Å². The molecule has 2 aliphatic heterocycles. The summed E-state index contributed by atoms with van der Waals surface area (Å²) in [6.07, 6.45) is 1.24. The summed E-state index contributed by atoms with van der Waals surface area (Å²) >= 11 is 4.20. The van der Waals surface area contributed by atoms with Crippen LogP contribution in [0.4, 0.5) is 0 Å². The van der Waals surface area contributed by atoms with E-state index in [1.807, 2.05) is 0 Å². The highest BCUT2D eigenvalue weighted by Crippen LogP contribution is 2.17. The standard InChI is InChI=1S/C13H26N2OS2/c1-2-13(15-3-5-16-6-4-15)9-14-12-10-17-7-8-18-11-12/h12-14H,2-11H2,1H3/t13-/m0/s1. The van der Waals surface area contributed by atoms with Gasteiger partial charge in [-0.15, -0.1) is 0 Å². The molecule has 2 rings (SSSR count). The first kappa shape index (κ1) is 15.0. The molecule has 0 amide bonds. The first-order valence-electron chi connectivity index (χ1n) is 7.11. The molecule has 0 aromatic rings. The average molecular weight is 290 g/mol. The van der Waals surface area contributed by atoms with Gasteiger partial charge in [-0.3, -0.25) is 4.90 Å². The third kappa shape index (κ3) is 4.93. The Morgan fingerprint density at radius 1 is 1.22 bits per heavy atom. The summed E-state index contributed by atoms with van der Waals surface area (Å²) in [6.45, 7) is 7.47. The Bertz CT molecular complexity index is 217. The lowest BCUT2D eigenvalue weighted by atomic mass is 10.1. The van der Waals surface area contributed by atoms with Gasteiger partial charge < -0.3 is 10.1 Å². The zero-order chi connectivity index (χ0) is 12.6. The number of hydrogen-bond donors (Lipinski definition) is 1. The molecule has 5 heteroatoms. The number of rotatable bonds is 5. The van der Waals surface area contributed by atoms with Crippen LogP contribution in [-0.2, 0) is 4.74 Å². The molecule has 0 bridgehead atoms. The Labute approximate surface area is 120 Å². The second-order valence-electron chi connectivity index (χ2n) is 4.97. The summed E-state index contributed by atoms with van der Waals surface area (Å²) in [5.41, 5.74) is 0. The van der Waals surface area contributed by atoms with Crippen molar-refractivity contribution in [1.82, 2.24) is 10.2 Å². The molecular formula is C13H26N2OS2. The van der Waals surface area contributed by atoms with E-state index in [0.29, 0.717) is 12.1 Å². The Kier molecular flexibility index (Phi) is 7.23. The second-order valence-corrected chi connectivity index (χ2v) is 7.27. The number of thioether (sulfide) groups is 2. The van der Waals surface area contributed by atoms with Gasteiger partial charge >= 0.3 is 0 Å². The number of nitrogens with one attached hydrogen (secondary N) is 1. The van der Waals surface area contributed by atoms with Gasteiger partial charge in [-0.1, -0.05) is 6.92 Å². The highest BCUT2D eigenvalue weighted by atomic mass is 32.2. The monoisotopic (exact) mass is 290 g/mol. The van der Waals surface area contributed by atoms with Crippen LogP contribution in [0.15, 0.2) is 0 Å². The molecule has 2 fully saturated rings. The Morgan fingerprint density at radius 2 is 1.89 bits per heavy atom. The Hall–Kier alpha value is 0.580. The molecule has 0 saturated carbocycles. The van der Waals surface area contributed by atoms with Crippen molar-refractivity contribution in [2.24, 2.45) is 0 Å². The minimum atomic E-state index is 0.687. The van der Waals surface area contributed by atoms with Crippen LogP contribution in [0.5, 0.6) is 0 Å². The molecular weight excluding hydrogens is 264 g/mol. The first-order chi connectivity index (χ1) is 8.90. The maximum absolute atomic E-state index is 5.44. The lowest BCUT2D eigenvalue weighted by molar-refractivity contribution is 0.0156. The van der Waals surface area contributed by atoms with Crippen LogP contribution in [-0.4, -0.2) is 72.8 Å². The molecule has 0 unspecified atom stereocenters. The molecule has 2 saturated heterocycles. The average Bonchev–Trinajstić information content (AvgIpc) is 2.69. The van der Waals surface area contributed by atoms with Gasteiger partial charge in [0.15, 0.2) is 0 Å². The van der Waals surface area contributed by atoms with Gasteiger partial charge in [-0.25, -0.2) is 0 Å². The highest BCUT2D eigenvalue weighted by Gasteiger charge is 2.21. The summed E-state index contributed by atoms with van der Waals surface area (Å²) in [5, 5.41) is 3.79. The van der Waals surface area contributed by atoms with E-state index in [0.717, 1.165) is 32.8 Å². The fourth-order valence-electron chi connectivity index (χ4n) is 2.51. The van der Waals surface area contributed by atoms with E-state index >= 15 is 0 Å².